The Labute approximate surface area is 170 Å². The van der Waals surface area contributed by atoms with Gasteiger partial charge in [0.1, 0.15) is 5.60 Å². The number of amides is 2. The number of nitrogens with zero attached hydrogens (tertiary/aromatic N) is 3. The van der Waals surface area contributed by atoms with Gasteiger partial charge in [0, 0.05) is 38.2 Å². The van der Waals surface area contributed by atoms with Crippen molar-refractivity contribution in [1.82, 2.24) is 20.0 Å². The largest absolute Gasteiger partial charge is 0.368 e. The monoisotopic (exact) mass is 394 g/mol. The summed E-state index contributed by atoms with van der Waals surface area (Å²) in [5.74, 6) is -0.0896. The van der Waals surface area contributed by atoms with Crippen LogP contribution in [-0.2, 0) is 26.3 Å². The molecule has 4 heterocycles. The summed E-state index contributed by atoms with van der Waals surface area (Å²) in [4.78, 5) is 26.5. The molecule has 5 rings (SSSR count). The van der Waals surface area contributed by atoms with E-state index in [0.29, 0.717) is 32.7 Å². The van der Waals surface area contributed by atoms with Gasteiger partial charge in [-0.1, -0.05) is 18.2 Å². The van der Waals surface area contributed by atoms with Crippen LogP contribution < -0.4 is 5.32 Å². The second kappa shape index (κ2) is 7.30. The number of para-hydroxylation sites is 1. The molecule has 7 heteroatoms. The lowest BCUT2D eigenvalue weighted by Crippen LogP contribution is -2.51. The maximum Gasteiger partial charge on any atom is 0.226 e. The number of hydrogen-bond donors (Lipinski definition) is 1. The normalized spacial score (nSPS) is 23.5. The minimum Gasteiger partial charge on any atom is -0.368 e. The molecule has 2 aromatic rings. The first kappa shape index (κ1) is 18.4. The van der Waals surface area contributed by atoms with Gasteiger partial charge in [-0.05, 0) is 43.4 Å². The molecule has 1 unspecified atom stereocenters. The molecule has 3 aliphatic heterocycles. The Morgan fingerprint density at radius 3 is 2.76 bits per heavy atom. The number of ether oxygens (including phenoxy) is 1. The molecule has 1 aromatic carbocycles. The standard InChI is InChI=1S/C22H26N4O3/c27-19-14-16(6-10-23-19)21(28)25-11-8-22(9-12-25)20-17(7-13-29-22)15-26(24-20)18-4-2-1-3-5-18/h1-5,15-16H,6-14H2,(H,23,27). The van der Waals surface area contributed by atoms with E-state index in [4.69, 9.17) is 9.84 Å². The second-order valence-corrected chi connectivity index (χ2v) is 8.24. The second-order valence-electron chi connectivity index (χ2n) is 8.24. The van der Waals surface area contributed by atoms with Crippen molar-refractivity contribution in [2.24, 2.45) is 5.92 Å². The van der Waals surface area contributed by atoms with Gasteiger partial charge in [-0.25, -0.2) is 4.68 Å². The summed E-state index contributed by atoms with van der Waals surface area (Å²) >= 11 is 0. The molecule has 1 atom stereocenters. The zero-order valence-corrected chi connectivity index (χ0v) is 16.5. The summed E-state index contributed by atoms with van der Waals surface area (Å²) in [5.41, 5.74) is 2.90. The number of aromatic nitrogens is 2. The third kappa shape index (κ3) is 3.33. The first-order valence-corrected chi connectivity index (χ1v) is 10.5. The Kier molecular flexibility index (Phi) is 4.62. The molecule has 2 saturated heterocycles. The Morgan fingerprint density at radius 1 is 1.21 bits per heavy atom. The smallest absolute Gasteiger partial charge is 0.226 e. The molecule has 1 N–H and O–H groups in total. The molecule has 1 aromatic heterocycles. The number of hydrogen-bond acceptors (Lipinski definition) is 4. The van der Waals surface area contributed by atoms with Crippen molar-refractivity contribution in [3.05, 3.63) is 47.8 Å². The number of rotatable bonds is 2. The number of carbonyl (C=O) groups is 2. The van der Waals surface area contributed by atoms with Gasteiger partial charge in [-0.3, -0.25) is 9.59 Å². The van der Waals surface area contributed by atoms with Gasteiger partial charge in [-0.2, -0.15) is 5.10 Å². The van der Waals surface area contributed by atoms with Crippen LogP contribution in [0.25, 0.3) is 5.69 Å². The lowest BCUT2D eigenvalue weighted by molar-refractivity contribution is -0.148. The van der Waals surface area contributed by atoms with Crippen molar-refractivity contribution in [1.29, 1.82) is 0 Å². The third-order valence-corrected chi connectivity index (χ3v) is 6.47. The molecule has 0 bridgehead atoms. The van der Waals surface area contributed by atoms with E-state index >= 15 is 0 Å². The number of benzene rings is 1. The van der Waals surface area contributed by atoms with Crippen molar-refractivity contribution in [3.8, 4) is 5.69 Å². The molecular formula is C22H26N4O3. The van der Waals surface area contributed by atoms with Crippen LogP contribution in [0, 0.1) is 5.92 Å². The Morgan fingerprint density at radius 2 is 2.00 bits per heavy atom. The maximum atomic E-state index is 12.9. The summed E-state index contributed by atoms with van der Waals surface area (Å²) in [7, 11) is 0. The molecule has 2 amide bonds. The SMILES string of the molecule is O=C1CC(C(=O)N2CCC3(CC2)OCCc2cn(-c4ccccc4)nc23)CCN1. The zero-order valence-electron chi connectivity index (χ0n) is 16.5. The summed E-state index contributed by atoms with van der Waals surface area (Å²) in [6, 6.07) is 10.1. The van der Waals surface area contributed by atoms with Gasteiger partial charge in [0.25, 0.3) is 0 Å². The lowest BCUT2D eigenvalue weighted by Gasteiger charge is -2.43. The molecule has 0 aliphatic carbocycles. The van der Waals surface area contributed by atoms with Crippen molar-refractivity contribution in [2.45, 2.75) is 37.7 Å². The highest BCUT2D eigenvalue weighted by Gasteiger charge is 2.45. The van der Waals surface area contributed by atoms with Gasteiger partial charge < -0.3 is 15.0 Å². The van der Waals surface area contributed by atoms with E-state index < -0.39 is 5.60 Å². The topological polar surface area (TPSA) is 76.5 Å². The molecular weight excluding hydrogens is 368 g/mol. The molecule has 7 nitrogen and oxygen atoms in total. The summed E-state index contributed by atoms with van der Waals surface area (Å²) < 4.78 is 8.24. The van der Waals surface area contributed by atoms with E-state index in [2.05, 4.69) is 11.5 Å². The van der Waals surface area contributed by atoms with Crippen LogP contribution in [0.2, 0.25) is 0 Å². The predicted octanol–water partition coefficient (Wildman–Crippen LogP) is 1.79. The van der Waals surface area contributed by atoms with Crippen LogP contribution in [-0.4, -0.2) is 52.7 Å². The van der Waals surface area contributed by atoms with Crippen LogP contribution >= 0.6 is 0 Å². The Bertz CT molecular complexity index is 915. The van der Waals surface area contributed by atoms with Crippen LogP contribution in [0.3, 0.4) is 0 Å². The fraction of sp³-hybridized carbons (Fsp3) is 0.500. The van der Waals surface area contributed by atoms with E-state index in [1.807, 2.05) is 39.9 Å². The highest BCUT2D eigenvalue weighted by molar-refractivity contribution is 5.87. The molecule has 152 valence electrons. The van der Waals surface area contributed by atoms with Crippen LogP contribution in [0.15, 0.2) is 36.5 Å². The number of carbonyl (C=O) groups excluding carboxylic acids is 2. The maximum absolute atomic E-state index is 12.9. The summed E-state index contributed by atoms with van der Waals surface area (Å²) in [6.45, 7) is 2.57. The van der Waals surface area contributed by atoms with Crippen LogP contribution in [0.5, 0.6) is 0 Å². The molecule has 29 heavy (non-hydrogen) atoms. The molecule has 1 spiro atoms. The molecule has 0 saturated carbocycles. The first-order valence-electron chi connectivity index (χ1n) is 10.5. The van der Waals surface area contributed by atoms with Crippen molar-refractivity contribution in [2.75, 3.05) is 26.2 Å². The average Bonchev–Trinajstić information content (AvgIpc) is 3.21. The van der Waals surface area contributed by atoms with Gasteiger partial charge >= 0.3 is 0 Å². The minimum atomic E-state index is -0.408. The van der Waals surface area contributed by atoms with Crippen molar-refractivity contribution in [3.63, 3.8) is 0 Å². The Balaban J connectivity index is 1.33. The zero-order chi connectivity index (χ0) is 19.8. The lowest BCUT2D eigenvalue weighted by atomic mass is 9.83. The summed E-state index contributed by atoms with van der Waals surface area (Å²) in [5, 5.41) is 7.71. The number of piperidine rings is 2. The van der Waals surface area contributed by atoms with Gasteiger partial charge in [0.15, 0.2) is 0 Å². The number of nitrogens with one attached hydrogen (secondary N) is 1. The van der Waals surface area contributed by atoms with Crippen molar-refractivity contribution < 1.29 is 14.3 Å². The number of likely N-dealkylation sites (tertiary alicyclic amines) is 1. The predicted molar refractivity (Wildman–Crippen MR) is 106 cm³/mol. The molecule has 3 aliphatic rings. The van der Waals surface area contributed by atoms with Crippen molar-refractivity contribution >= 4 is 11.8 Å². The fourth-order valence-electron chi connectivity index (χ4n) is 4.84. The van der Waals surface area contributed by atoms with Crippen LogP contribution in [0.4, 0.5) is 0 Å². The van der Waals surface area contributed by atoms with E-state index in [-0.39, 0.29) is 17.7 Å². The highest BCUT2D eigenvalue weighted by atomic mass is 16.5. The third-order valence-electron chi connectivity index (χ3n) is 6.47. The Hall–Kier alpha value is -2.67. The van der Waals surface area contributed by atoms with E-state index in [0.717, 1.165) is 37.1 Å². The van der Waals surface area contributed by atoms with Crippen LogP contribution in [0.1, 0.15) is 36.9 Å². The fourth-order valence-corrected chi connectivity index (χ4v) is 4.84. The minimum absolute atomic E-state index is 0.0187. The molecule has 0 radical (unpaired) electrons. The summed E-state index contributed by atoms with van der Waals surface area (Å²) in [6.07, 6.45) is 5.51. The van der Waals surface area contributed by atoms with Gasteiger partial charge in [0.2, 0.25) is 11.8 Å². The van der Waals surface area contributed by atoms with Gasteiger partial charge in [0.05, 0.1) is 18.0 Å². The first-order chi connectivity index (χ1) is 14.1. The van der Waals surface area contributed by atoms with E-state index in [1.165, 1.54) is 5.56 Å². The molecule has 2 fully saturated rings. The average molecular weight is 394 g/mol. The number of fused-ring (bicyclic) bond motifs is 2. The quantitative estimate of drug-likeness (QED) is 0.843. The van der Waals surface area contributed by atoms with E-state index in [1.54, 1.807) is 0 Å². The highest BCUT2D eigenvalue weighted by Crippen LogP contribution is 2.41. The van der Waals surface area contributed by atoms with E-state index in [9.17, 15) is 9.59 Å². The van der Waals surface area contributed by atoms with Gasteiger partial charge in [-0.15, -0.1) is 0 Å².